The smallest absolute Gasteiger partial charge is 0.119 e. The molecule has 0 aliphatic heterocycles. The number of ether oxygens (including phenoxy) is 1. The lowest BCUT2D eigenvalue weighted by atomic mass is 10.3. The molecule has 0 atom stereocenters. The highest BCUT2D eigenvalue weighted by Gasteiger charge is 1.99. The van der Waals surface area contributed by atoms with E-state index < -0.39 is 0 Å². The summed E-state index contributed by atoms with van der Waals surface area (Å²) in [5.41, 5.74) is 1.08. The van der Waals surface area contributed by atoms with E-state index in [9.17, 15) is 0 Å². The third-order valence-electron chi connectivity index (χ3n) is 2.36. The second-order valence-corrected chi connectivity index (χ2v) is 5.31. The van der Waals surface area contributed by atoms with Crippen molar-refractivity contribution < 1.29 is 4.74 Å². The zero-order valence-electron chi connectivity index (χ0n) is 9.70. The number of para-hydroxylation sites is 1. The van der Waals surface area contributed by atoms with Gasteiger partial charge in [-0.25, -0.2) is 0 Å². The van der Waals surface area contributed by atoms with Gasteiger partial charge in [-0.3, -0.25) is 0 Å². The molecule has 2 rings (SSSR count). The van der Waals surface area contributed by atoms with Gasteiger partial charge in [-0.05, 0) is 52.9 Å². The van der Waals surface area contributed by atoms with Crippen molar-refractivity contribution in [2.24, 2.45) is 0 Å². The van der Waals surface area contributed by atoms with Gasteiger partial charge in [-0.2, -0.15) is 0 Å². The van der Waals surface area contributed by atoms with Crippen LogP contribution in [0, 0.1) is 3.57 Å². The van der Waals surface area contributed by atoms with E-state index in [-0.39, 0.29) is 0 Å². The van der Waals surface area contributed by atoms with Crippen molar-refractivity contribution in [2.45, 2.75) is 0 Å². The average Bonchev–Trinajstić information content (AvgIpc) is 2.38. The van der Waals surface area contributed by atoms with E-state index in [0.717, 1.165) is 26.6 Å². The van der Waals surface area contributed by atoms with E-state index in [1.165, 1.54) is 0 Å². The zero-order valence-corrected chi connectivity index (χ0v) is 12.6. The van der Waals surface area contributed by atoms with Gasteiger partial charge in [0.15, 0.2) is 0 Å². The number of hydrogen-bond donors (Lipinski definition) is 1. The Balaban J connectivity index is 1.79. The molecule has 0 saturated heterocycles. The SMILES string of the molecule is Clc1ccc(NCCOc2ccccc2)c(I)c1. The van der Waals surface area contributed by atoms with Crippen molar-refractivity contribution in [3.63, 3.8) is 0 Å². The van der Waals surface area contributed by atoms with Crippen LogP contribution in [0.2, 0.25) is 5.02 Å². The highest BCUT2D eigenvalue weighted by atomic mass is 127. The number of rotatable bonds is 5. The van der Waals surface area contributed by atoms with Crippen molar-refractivity contribution in [1.29, 1.82) is 0 Å². The maximum Gasteiger partial charge on any atom is 0.119 e. The minimum atomic E-state index is 0.628. The Labute approximate surface area is 125 Å². The Morgan fingerprint density at radius 1 is 1.11 bits per heavy atom. The Kier molecular flexibility index (Phi) is 5.13. The monoisotopic (exact) mass is 373 g/mol. The van der Waals surface area contributed by atoms with Crippen molar-refractivity contribution in [3.8, 4) is 5.75 Å². The van der Waals surface area contributed by atoms with Crippen LogP contribution in [-0.4, -0.2) is 13.2 Å². The predicted molar refractivity (Wildman–Crippen MR) is 84.6 cm³/mol. The molecule has 94 valence electrons. The highest BCUT2D eigenvalue weighted by molar-refractivity contribution is 14.1. The van der Waals surface area contributed by atoms with E-state index in [1.807, 2.05) is 48.5 Å². The first-order valence-electron chi connectivity index (χ1n) is 5.62. The van der Waals surface area contributed by atoms with Gasteiger partial charge in [0, 0.05) is 20.8 Å². The third-order valence-corrected chi connectivity index (χ3v) is 3.49. The topological polar surface area (TPSA) is 21.3 Å². The molecule has 0 radical (unpaired) electrons. The largest absolute Gasteiger partial charge is 0.492 e. The van der Waals surface area contributed by atoms with Gasteiger partial charge < -0.3 is 10.1 Å². The van der Waals surface area contributed by atoms with Crippen LogP contribution >= 0.6 is 34.2 Å². The molecule has 0 saturated carbocycles. The normalized spacial score (nSPS) is 10.1. The lowest BCUT2D eigenvalue weighted by Crippen LogP contribution is -2.12. The van der Waals surface area contributed by atoms with Crippen LogP contribution in [0.4, 0.5) is 5.69 Å². The van der Waals surface area contributed by atoms with E-state index in [4.69, 9.17) is 16.3 Å². The summed E-state index contributed by atoms with van der Waals surface area (Å²) in [6, 6.07) is 15.6. The fourth-order valence-corrected chi connectivity index (χ4v) is 2.57. The van der Waals surface area contributed by atoms with Crippen LogP contribution in [0.15, 0.2) is 48.5 Å². The molecule has 0 heterocycles. The quantitative estimate of drug-likeness (QED) is 0.618. The first kappa shape index (κ1) is 13.5. The summed E-state index contributed by atoms with van der Waals surface area (Å²) in [4.78, 5) is 0. The summed E-state index contributed by atoms with van der Waals surface area (Å²) >= 11 is 8.16. The minimum Gasteiger partial charge on any atom is -0.492 e. The molecule has 0 fully saturated rings. The molecule has 0 amide bonds. The zero-order chi connectivity index (χ0) is 12.8. The van der Waals surface area contributed by atoms with Gasteiger partial charge in [0.1, 0.15) is 12.4 Å². The van der Waals surface area contributed by atoms with Crippen LogP contribution in [0.1, 0.15) is 0 Å². The van der Waals surface area contributed by atoms with Gasteiger partial charge in [0.2, 0.25) is 0 Å². The van der Waals surface area contributed by atoms with Gasteiger partial charge in [-0.1, -0.05) is 29.8 Å². The van der Waals surface area contributed by atoms with Crippen molar-refractivity contribution >= 4 is 39.9 Å². The van der Waals surface area contributed by atoms with Crippen molar-refractivity contribution in [1.82, 2.24) is 0 Å². The van der Waals surface area contributed by atoms with E-state index in [2.05, 4.69) is 27.9 Å². The molecule has 1 N–H and O–H groups in total. The summed E-state index contributed by atoms with van der Waals surface area (Å²) in [5, 5.41) is 4.07. The fourth-order valence-electron chi connectivity index (χ4n) is 1.50. The molecule has 0 aromatic heterocycles. The predicted octanol–water partition coefficient (Wildman–Crippen LogP) is 4.44. The average molecular weight is 374 g/mol. The molecule has 0 unspecified atom stereocenters. The molecule has 2 aromatic carbocycles. The van der Waals surface area contributed by atoms with E-state index in [0.29, 0.717) is 6.61 Å². The van der Waals surface area contributed by atoms with Crippen LogP contribution < -0.4 is 10.1 Å². The van der Waals surface area contributed by atoms with E-state index in [1.54, 1.807) is 0 Å². The molecule has 2 aromatic rings. The molecule has 0 bridgehead atoms. The standard InChI is InChI=1S/C14H13ClINO/c15-11-6-7-14(13(16)10-11)17-8-9-18-12-4-2-1-3-5-12/h1-7,10,17H,8-9H2. The molecule has 0 aliphatic rings. The molecular weight excluding hydrogens is 361 g/mol. The van der Waals surface area contributed by atoms with Crippen molar-refractivity contribution in [3.05, 3.63) is 57.1 Å². The van der Waals surface area contributed by atoms with Crippen LogP contribution in [0.3, 0.4) is 0 Å². The van der Waals surface area contributed by atoms with Crippen molar-refractivity contribution in [2.75, 3.05) is 18.5 Å². The Bertz CT molecular complexity index is 504. The molecule has 0 spiro atoms. The third kappa shape index (κ3) is 4.07. The maximum atomic E-state index is 5.90. The van der Waals surface area contributed by atoms with Gasteiger partial charge >= 0.3 is 0 Å². The number of hydrogen-bond acceptors (Lipinski definition) is 2. The maximum absolute atomic E-state index is 5.90. The highest BCUT2D eigenvalue weighted by Crippen LogP contribution is 2.22. The van der Waals surface area contributed by atoms with E-state index >= 15 is 0 Å². The number of halogens is 2. The molecule has 0 aliphatic carbocycles. The molecule has 2 nitrogen and oxygen atoms in total. The molecule has 4 heteroatoms. The first-order valence-corrected chi connectivity index (χ1v) is 7.08. The van der Waals surface area contributed by atoms with Gasteiger partial charge in [-0.15, -0.1) is 0 Å². The lowest BCUT2D eigenvalue weighted by molar-refractivity contribution is 0.333. The van der Waals surface area contributed by atoms with Crippen LogP contribution in [0.25, 0.3) is 0 Å². The lowest BCUT2D eigenvalue weighted by Gasteiger charge is -2.10. The summed E-state index contributed by atoms with van der Waals surface area (Å²) in [5.74, 6) is 0.894. The summed E-state index contributed by atoms with van der Waals surface area (Å²) in [6.07, 6.45) is 0. The Hall–Kier alpha value is -0.940. The summed E-state index contributed by atoms with van der Waals surface area (Å²) in [7, 11) is 0. The fraction of sp³-hybridized carbons (Fsp3) is 0.143. The number of nitrogens with one attached hydrogen (secondary N) is 1. The second kappa shape index (κ2) is 6.85. The summed E-state index contributed by atoms with van der Waals surface area (Å²) < 4.78 is 6.71. The molecular formula is C14H13ClINO. The van der Waals surface area contributed by atoms with Gasteiger partial charge in [0.25, 0.3) is 0 Å². The molecule has 18 heavy (non-hydrogen) atoms. The van der Waals surface area contributed by atoms with Crippen LogP contribution in [0.5, 0.6) is 5.75 Å². The summed E-state index contributed by atoms with van der Waals surface area (Å²) in [6.45, 7) is 1.38. The minimum absolute atomic E-state index is 0.628. The number of benzene rings is 2. The van der Waals surface area contributed by atoms with Crippen LogP contribution in [-0.2, 0) is 0 Å². The van der Waals surface area contributed by atoms with Gasteiger partial charge in [0.05, 0.1) is 0 Å². The Morgan fingerprint density at radius 2 is 1.89 bits per heavy atom. The Morgan fingerprint density at radius 3 is 2.61 bits per heavy atom. The second-order valence-electron chi connectivity index (χ2n) is 3.71. The number of anilines is 1. The first-order chi connectivity index (χ1) is 8.75.